The molecule has 0 aromatic heterocycles. The van der Waals surface area contributed by atoms with Gasteiger partial charge in [0.1, 0.15) is 12.4 Å². The number of nitrogens with one attached hydrogen (secondary N) is 1. The monoisotopic (exact) mass is 335 g/mol. The minimum Gasteiger partial charge on any atom is -0.492 e. The van der Waals surface area contributed by atoms with Crippen LogP contribution in [0.25, 0.3) is 0 Å². The van der Waals surface area contributed by atoms with Crippen LogP contribution < -0.4 is 10.1 Å². The zero-order valence-electron chi connectivity index (χ0n) is 11.8. The molecule has 1 atom stereocenters. The van der Waals surface area contributed by atoms with Gasteiger partial charge >= 0.3 is 0 Å². The summed E-state index contributed by atoms with van der Waals surface area (Å²) < 4.78 is 5.64. The Morgan fingerprint density at radius 2 is 1.86 bits per heavy atom. The van der Waals surface area contributed by atoms with Gasteiger partial charge < -0.3 is 10.1 Å². The van der Waals surface area contributed by atoms with Crippen molar-refractivity contribution < 1.29 is 9.53 Å². The van der Waals surface area contributed by atoms with Gasteiger partial charge in [-0.1, -0.05) is 35.3 Å². The van der Waals surface area contributed by atoms with E-state index in [0.717, 1.165) is 16.9 Å². The molecule has 1 aliphatic heterocycles. The fourth-order valence-corrected chi connectivity index (χ4v) is 2.79. The molecule has 1 aliphatic rings. The van der Waals surface area contributed by atoms with E-state index in [0.29, 0.717) is 29.6 Å². The lowest BCUT2D eigenvalue weighted by Gasteiger charge is -2.24. The second-order valence-electron chi connectivity index (χ2n) is 5.31. The quantitative estimate of drug-likeness (QED) is 0.924. The van der Waals surface area contributed by atoms with Crippen molar-refractivity contribution in [1.82, 2.24) is 5.32 Å². The van der Waals surface area contributed by atoms with Gasteiger partial charge in [-0.15, -0.1) is 0 Å². The number of hydrogen-bond donors (Lipinski definition) is 1. The van der Waals surface area contributed by atoms with E-state index in [1.807, 2.05) is 36.4 Å². The van der Waals surface area contributed by atoms with Crippen molar-refractivity contribution in [3.8, 4) is 5.75 Å². The van der Waals surface area contributed by atoms with E-state index >= 15 is 0 Å². The number of amides is 1. The Balaban J connectivity index is 1.60. The third kappa shape index (κ3) is 3.54. The number of ether oxygens (including phenoxy) is 1. The van der Waals surface area contributed by atoms with Crippen molar-refractivity contribution in [2.75, 3.05) is 6.61 Å². The highest BCUT2D eigenvalue weighted by atomic mass is 35.5. The van der Waals surface area contributed by atoms with Gasteiger partial charge in [0, 0.05) is 16.6 Å². The van der Waals surface area contributed by atoms with Crippen molar-refractivity contribution in [3.63, 3.8) is 0 Å². The summed E-state index contributed by atoms with van der Waals surface area (Å²) >= 11 is 11.8. The maximum absolute atomic E-state index is 12.3. The van der Waals surface area contributed by atoms with E-state index in [4.69, 9.17) is 27.9 Å². The Bertz CT molecular complexity index is 686. The largest absolute Gasteiger partial charge is 0.492 e. The smallest absolute Gasteiger partial charge is 0.227 e. The van der Waals surface area contributed by atoms with E-state index in [1.165, 1.54) is 0 Å². The van der Waals surface area contributed by atoms with Crippen molar-refractivity contribution in [2.45, 2.75) is 13.0 Å². The minimum absolute atomic E-state index is 0.0134. The second-order valence-corrected chi connectivity index (χ2v) is 6.18. The van der Waals surface area contributed by atoms with Crippen LogP contribution in [0.15, 0.2) is 42.5 Å². The van der Waals surface area contributed by atoms with Crippen molar-refractivity contribution in [3.05, 3.63) is 63.6 Å². The Kier molecular flexibility index (Phi) is 4.55. The summed E-state index contributed by atoms with van der Waals surface area (Å²) in [6, 6.07) is 12.9. The van der Waals surface area contributed by atoms with E-state index in [-0.39, 0.29) is 11.8 Å². The van der Waals surface area contributed by atoms with E-state index < -0.39 is 0 Å². The first-order valence-electron chi connectivity index (χ1n) is 7.05. The Morgan fingerprint density at radius 1 is 1.14 bits per heavy atom. The topological polar surface area (TPSA) is 38.3 Å². The summed E-state index contributed by atoms with van der Waals surface area (Å²) in [5.74, 6) is 0.602. The summed E-state index contributed by atoms with van der Waals surface area (Å²) in [6.45, 7) is 0.871. The molecule has 0 bridgehead atoms. The standard InChI is InChI=1S/C17H15Cl2NO2/c18-14-3-1-11(2-4-14)9-20-17(21)13-7-12-8-15(19)5-6-16(12)22-10-13/h1-6,8,13H,7,9-10H2,(H,20,21). The van der Waals surface area contributed by atoms with Crippen LogP contribution in [0.3, 0.4) is 0 Å². The lowest BCUT2D eigenvalue weighted by atomic mass is 9.96. The van der Waals surface area contributed by atoms with Gasteiger partial charge in [-0.3, -0.25) is 4.79 Å². The molecule has 1 N–H and O–H groups in total. The third-order valence-electron chi connectivity index (χ3n) is 3.68. The zero-order valence-corrected chi connectivity index (χ0v) is 13.3. The molecule has 0 fully saturated rings. The average Bonchev–Trinajstić information content (AvgIpc) is 2.53. The van der Waals surface area contributed by atoms with E-state index in [1.54, 1.807) is 6.07 Å². The summed E-state index contributed by atoms with van der Waals surface area (Å²) in [4.78, 5) is 12.3. The molecule has 0 saturated heterocycles. The lowest BCUT2D eigenvalue weighted by molar-refractivity contribution is -0.126. The molecular weight excluding hydrogens is 321 g/mol. The summed E-state index contributed by atoms with van der Waals surface area (Å²) in [5, 5.41) is 4.28. The lowest BCUT2D eigenvalue weighted by Crippen LogP contribution is -2.37. The predicted molar refractivity (Wildman–Crippen MR) is 87.4 cm³/mol. The molecule has 1 unspecified atom stereocenters. The van der Waals surface area contributed by atoms with Crippen molar-refractivity contribution in [1.29, 1.82) is 0 Å². The van der Waals surface area contributed by atoms with E-state index in [2.05, 4.69) is 5.32 Å². The first-order chi connectivity index (χ1) is 10.6. The van der Waals surface area contributed by atoms with Crippen molar-refractivity contribution in [2.24, 2.45) is 5.92 Å². The maximum Gasteiger partial charge on any atom is 0.227 e. The predicted octanol–water partition coefficient (Wildman–Crippen LogP) is 3.86. The van der Waals surface area contributed by atoms with Gasteiger partial charge in [0.15, 0.2) is 0 Å². The van der Waals surface area contributed by atoms with Gasteiger partial charge in [0.2, 0.25) is 5.91 Å². The molecule has 114 valence electrons. The zero-order chi connectivity index (χ0) is 15.5. The number of fused-ring (bicyclic) bond motifs is 1. The van der Waals surface area contributed by atoms with Crippen LogP contribution in [0.1, 0.15) is 11.1 Å². The first-order valence-corrected chi connectivity index (χ1v) is 7.81. The maximum atomic E-state index is 12.3. The molecular formula is C17H15Cl2NO2. The molecule has 2 aromatic rings. The number of carbonyl (C=O) groups is 1. The van der Waals surface area contributed by atoms with Gasteiger partial charge in [0.05, 0.1) is 5.92 Å². The summed E-state index contributed by atoms with van der Waals surface area (Å²) in [6.07, 6.45) is 0.641. The fraction of sp³-hybridized carbons (Fsp3) is 0.235. The van der Waals surface area contributed by atoms with Crippen LogP contribution in [0.5, 0.6) is 5.75 Å². The Hall–Kier alpha value is -1.71. The number of hydrogen-bond acceptors (Lipinski definition) is 2. The molecule has 3 rings (SSSR count). The summed E-state index contributed by atoms with van der Waals surface area (Å²) in [5.41, 5.74) is 1.99. The number of benzene rings is 2. The number of halogens is 2. The molecule has 0 spiro atoms. The van der Waals surface area contributed by atoms with Gasteiger partial charge in [-0.05, 0) is 47.9 Å². The SMILES string of the molecule is O=C(NCc1ccc(Cl)cc1)C1COc2ccc(Cl)cc2C1. The molecule has 2 aromatic carbocycles. The van der Waals surface area contributed by atoms with Crippen LogP contribution in [-0.4, -0.2) is 12.5 Å². The molecule has 3 nitrogen and oxygen atoms in total. The highest BCUT2D eigenvalue weighted by Gasteiger charge is 2.25. The molecule has 22 heavy (non-hydrogen) atoms. The Labute approximate surface area is 139 Å². The van der Waals surface area contributed by atoms with Crippen LogP contribution in [0, 0.1) is 5.92 Å². The number of carbonyl (C=O) groups excluding carboxylic acids is 1. The fourth-order valence-electron chi connectivity index (χ4n) is 2.47. The third-order valence-corrected chi connectivity index (χ3v) is 4.17. The molecule has 5 heteroatoms. The average molecular weight is 336 g/mol. The van der Waals surface area contributed by atoms with Gasteiger partial charge in [-0.25, -0.2) is 0 Å². The Morgan fingerprint density at radius 3 is 2.64 bits per heavy atom. The highest BCUT2D eigenvalue weighted by Crippen LogP contribution is 2.29. The molecule has 1 amide bonds. The minimum atomic E-state index is -0.196. The van der Waals surface area contributed by atoms with Crippen LogP contribution in [0.2, 0.25) is 10.0 Å². The van der Waals surface area contributed by atoms with E-state index in [9.17, 15) is 4.79 Å². The van der Waals surface area contributed by atoms with Crippen LogP contribution in [-0.2, 0) is 17.8 Å². The van der Waals surface area contributed by atoms with Crippen LogP contribution in [0.4, 0.5) is 0 Å². The summed E-state index contributed by atoms with van der Waals surface area (Å²) in [7, 11) is 0. The molecule has 0 saturated carbocycles. The van der Waals surface area contributed by atoms with Gasteiger partial charge in [0.25, 0.3) is 0 Å². The van der Waals surface area contributed by atoms with Gasteiger partial charge in [-0.2, -0.15) is 0 Å². The number of rotatable bonds is 3. The first kappa shape index (κ1) is 15.2. The second kappa shape index (κ2) is 6.59. The van der Waals surface area contributed by atoms with Crippen molar-refractivity contribution >= 4 is 29.1 Å². The molecule has 0 radical (unpaired) electrons. The normalized spacial score (nSPS) is 16.5. The van der Waals surface area contributed by atoms with Crippen LogP contribution >= 0.6 is 23.2 Å². The molecule has 0 aliphatic carbocycles. The highest BCUT2D eigenvalue weighted by molar-refractivity contribution is 6.30. The molecule has 1 heterocycles.